The molecule has 2 saturated heterocycles. The summed E-state index contributed by atoms with van der Waals surface area (Å²) in [4.78, 5) is 25.1. The zero-order chi connectivity index (χ0) is 15.2. The van der Waals surface area contributed by atoms with Crippen LogP contribution in [0.2, 0.25) is 0 Å². The Kier molecular flexibility index (Phi) is 5.96. The average molecular weight is 312 g/mol. The number of carbonyl (C=O) groups excluding carboxylic acids is 1. The second kappa shape index (κ2) is 7.73. The van der Waals surface area contributed by atoms with E-state index in [2.05, 4.69) is 11.9 Å². The Balaban J connectivity index is 1.78. The van der Waals surface area contributed by atoms with E-state index in [1.54, 1.807) is 11.8 Å². The minimum absolute atomic E-state index is 0.0236. The molecule has 2 fully saturated rings. The van der Waals surface area contributed by atoms with Crippen molar-refractivity contribution in [3.63, 3.8) is 0 Å². The van der Waals surface area contributed by atoms with Gasteiger partial charge in [0.25, 0.3) is 0 Å². The van der Waals surface area contributed by atoms with Gasteiger partial charge in [0.05, 0.1) is 0 Å². The summed E-state index contributed by atoms with van der Waals surface area (Å²) in [7, 11) is 0. The van der Waals surface area contributed by atoms with Crippen LogP contribution in [0.1, 0.15) is 32.1 Å². The van der Waals surface area contributed by atoms with Crippen LogP contribution in [-0.2, 0) is 4.79 Å². The second-order valence-corrected chi connectivity index (χ2v) is 6.97. The molecule has 2 N–H and O–H groups in total. The summed E-state index contributed by atoms with van der Waals surface area (Å²) in [6, 6.07) is 0.485. The summed E-state index contributed by atoms with van der Waals surface area (Å²) in [5.74, 6) is 1.30. The molecule has 21 heavy (non-hydrogen) atoms. The fourth-order valence-corrected chi connectivity index (χ4v) is 4.10. The number of thioether (sulfide) groups is 1. The Morgan fingerprint density at radius 2 is 2.00 bits per heavy atom. The SMILES string of the molecule is C=CCSCCNC(=O)N1C2CCC1CC(CC(=O)O)C2. The third-order valence-corrected chi connectivity index (χ3v) is 5.25. The van der Waals surface area contributed by atoms with E-state index in [9.17, 15) is 9.59 Å². The van der Waals surface area contributed by atoms with Crippen molar-refractivity contribution in [2.45, 2.75) is 44.2 Å². The topological polar surface area (TPSA) is 69.6 Å². The summed E-state index contributed by atoms with van der Waals surface area (Å²) in [5, 5.41) is 11.9. The van der Waals surface area contributed by atoms with Crippen LogP contribution in [0.15, 0.2) is 12.7 Å². The third-order valence-electron chi connectivity index (χ3n) is 4.29. The lowest BCUT2D eigenvalue weighted by atomic mass is 9.88. The molecule has 2 unspecified atom stereocenters. The average Bonchev–Trinajstić information content (AvgIpc) is 2.69. The van der Waals surface area contributed by atoms with Crippen LogP contribution in [0.5, 0.6) is 0 Å². The lowest BCUT2D eigenvalue weighted by molar-refractivity contribution is -0.138. The third kappa shape index (κ3) is 4.40. The summed E-state index contributed by atoms with van der Waals surface area (Å²) < 4.78 is 0. The van der Waals surface area contributed by atoms with Gasteiger partial charge in [0.1, 0.15) is 0 Å². The van der Waals surface area contributed by atoms with Crippen molar-refractivity contribution >= 4 is 23.8 Å². The lowest BCUT2D eigenvalue weighted by Gasteiger charge is -2.38. The van der Waals surface area contributed by atoms with Gasteiger partial charge in [-0.1, -0.05) is 6.08 Å². The molecule has 2 aliphatic heterocycles. The highest BCUT2D eigenvalue weighted by atomic mass is 32.2. The largest absolute Gasteiger partial charge is 0.481 e. The fourth-order valence-electron chi connectivity index (χ4n) is 3.52. The highest BCUT2D eigenvalue weighted by Crippen LogP contribution is 2.39. The number of piperidine rings is 1. The maximum absolute atomic E-state index is 12.3. The molecule has 2 heterocycles. The molecule has 6 heteroatoms. The van der Waals surface area contributed by atoms with Crippen molar-refractivity contribution in [3.8, 4) is 0 Å². The van der Waals surface area contributed by atoms with Gasteiger partial charge >= 0.3 is 12.0 Å². The number of hydrogen-bond acceptors (Lipinski definition) is 3. The molecule has 2 amide bonds. The Morgan fingerprint density at radius 3 is 2.57 bits per heavy atom. The molecule has 0 aromatic rings. The first-order valence-corrected chi connectivity index (χ1v) is 8.74. The van der Waals surface area contributed by atoms with Crippen LogP contribution < -0.4 is 5.32 Å². The van der Waals surface area contributed by atoms with E-state index in [-0.39, 0.29) is 30.5 Å². The number of fused-ring (bicyclic) bond motifs is 2. The van der Waals surface area contributed by atoms with E-state index in [1.165, 1.54) is 0 Å². The van der Waals surface area contributed by atoms with Gasteiger partial charge in [0.15, 0.2) is 0 Å². The number of carbonyl (C=O) groups is 2. The van der Waals surface area contributed by atoms with E-state index in [0.29, 0.717) is 6.54 Å². The van der Waals surface area contributed by atoms with Crippen LogP contribution >= 0.6 is 11.8 Å². The van der Waals surface area contributed by atoms with Crippen LogP contribution in [0.4, 0.5) is 4.79 Å². The van der Waals surface area contributed by atoms with Gasteiger partial charge in [-0.25, -0.2) is 4.79 Å². The number of nitrogens with zero attached hydrogens (tertiary/aromatic N) is 1. The fraction of sp³-hybridized carbons (Fsp3) is 0.733. The zero-order valence-electron chi connectivity index (χ0n) is 12.3. The predicted molar refractivity (Wildman–Crippen MR) is 84.5 cm³/mol. The van der Waals surface area contributed by atoms with E-state index in [1.807, 2.05) is 11.0 Å². The number of carboxylic acids is 1. The number of nitrogens with one attached hydrogen (secondary N) is 1. The van der Waals surface area contributed by atoms with Crippen LogP contribution in [0.3, 0.4) is 0 Å². The molecule has 0 radical (unpaired) electrons. The number of aliphatic carboxylic acids is 1. The van der Waals surface area contributed by atoms with Gasteiger partial charge < -0.3 is 15.3 Å². The first-order chi connectivity index (χ1) is 10.1. The summed E-state index contributed by atoms with van der Waals surface area (Å²) in [6.07, 6.45) is 5.79. The van der Waals surface area contributed by atoms with Crippen molar-refractivity contribution in [3.05, 3.63) is 12.7 Å². The first kappa shape index (κ1) is 16.2. The Hall–Kier alpha value is -1.17. The smallest absolute Gasteiger partial charge is 0.317 e. The number of amides is 2. The zero-order valence-corrected chi connectivity index (χ0v) is 13.1. The number of hydrogen-bond donors (Lipinski definition) is 2. The minimum Gasteiger partial charge on any atom is -0.481 e. The van der Waals surface area contributed by atoms with Crippen molar-refractivity contribution in [2.75, 3.05) is 18.1 Å². The highest BCUT2D eigenvalue weighted by Gasteiger charge is 2.43. The van der Waals surface area contributed by atoms with E-state index < -0.39 is 5.97 Å². The van der Waals surface area contributed by atoms with Crippen LogP contribution in [-0.4, -0.2) is 52.1 Å². The van der Waals surface area contributed by atoms with Gasteiger partial charge in [0, 0.05) is 36.6 Å². The van der Waals surface area contributed by atoms with E-state index in [0.717, 1.165) is 37.2 Å². The van der Waals surface area contributed by atoms with Crippen molar-refractivity contribution in [2.24, 2.45) is 5.92 Å². The molecule has 2 atom stereocenters. The summed E-state index contributed by atoms with van der Waals surface area (Å²) in [6.45, 7) is 4.34. The highest BCUT2D eigenvalue weighted by molar-refractivity contribution is 7.99. The summed E-state index contributed by atoms with van der Waals surface area (Å²) in [5.41, 5.74) is 0. The Bertz CT molecular complexity index is 388. The van der Waals surface area contributed by atoms with Crippen molar-refractivity contribution < 1.29 is 14.7 Å². The quantitative estimate of drug-likeness (QED) is 0.559. The van der Waals surface area contributed by atoms with Gasteiger partial charge in [0.2, 0.25) is 0 Å². The van der Waals surface area contributed by atoms with Crippen molar-refractivity contribution in [1.29, 1.82) is 0 Å². The maximum atomic E-state index is 12.3. The normalized spacial score (nSPS) is 27.4. The van der Waals surface area contributed by atoms with Gasteiger partial charge in [-0.15, -0.1) is 6.58 Å². The van der Waals surface area contributed by atoms with Gasteiger partial charge in [-0.3, -0.25) is 4.79 Å². The molecule has 0 spiro atoms. The van der Waals surface area contributed by atoms with Crippen molar-refractivity contribution in [1.82, 2.24) is 10.2 Å². The molecule has 0 aromatic carbocycles. The van der Waals surface area contributed by atoms with E-state index in [4.69, 9.17) is 5.11 Å². The molecule has 2 bridgehead atoms. The molecular formula is C15H24N2O3S. The molecule has 0 aromatic heterocycles. The standard InChI is InChI=1S/C15H24N2O3S/c1-2-6-21-7-5-16-15(20)17-12-3-4-13(17)9-11(8-12)10-14(18)19/h2,11-13H,1,3-10H2,(H,16,20)(H,18,19). The lowest BCUT2D eigenvalue weighted by Crippen LogP contribution is -2.51. The Morgan fingerprint density at radius 1 is 1.33 bits per heavy atom. The van der Waals surface area contributed by atoms with E-state index >= 15 is 0 Å². The molecule has 2 aliphatic rings. The molecule has 5 nitrogen and oxygen atoms in total. The maximum Gasteiger partial charge on any atom is 0.317 e. The van der Waals surface area contributed by atoms with Gasteiger partial charge in [-0.05, 0) is 31.6 Å². The summed E-state index contributed by atoms with van der Waals surface area (Å²) >= 11 is 1.75. The molecule has 2 rings (SSSR count). The molecule has 0 aliphatic carbocycles. The molecular weight excluding hydrogens is 288 g/mol. The second-order valence-electron chi connectivity index (χ2n) is 5.82. The number of urea groups is 1. The molecule has 118 valence electrons. The predicted octanol–water partition coefficient (Wildman–Crippen LogP) is 2.33. The number of rotatable bonds is 7. The molecule has 0 saturated carbocycles. The Labute approximate surface area is 130 Å². The van der Waals surface area contributed by atoms with Crippen LogP contribution in [0, 0.1) is 5.92 Å². The number of carboxylic acid groups (broad SMARTS) is 1. The van der Waals surface area contributed by atoms with Gasteiger partial charge in [-0.2, -0.15) is 11.8 Å². The monoisotopic (exact) mass is 312 g/mol. The first-order valence-electron chi connectivity index (χ1n) is 7.58. The minimum atomic E-state index is -0.725. The van der Waals surface area contributed by atoms with Crippen LogP contribution in [0.25, 0.3) is 0 Å².